The molecule has 0 unspecified atom stereocenters. The van der Waals surface area contributed by atoms with Crippen LogP contribution >= 0.6 is 0 Å². The van der Waals surface area contributed by atoms with Crippen LogP contribution in [-0.4, -0.2) is 60.4 Å². The molecule has 2 fully saturated rings. The van der Waals surface area contributed by atoms with E-state index in [0.717, 1.165) is 45.4 Å². The number of hydrogen-bond donors (Lipinski definition) is 1. The van der Waals surface area contributed by atoms with Gasteiger partial charge in [0.25, 0.3) is 0 Å². The first-order chi connectivity index (χ1) is 10.2. The Morgan fingerprint density at radius 1 is 1.00 bits per heavy atom. The molecule has 1 N–H and O–H groups in total. The van der Waals surface area contributed by atoms with Crippen molar-refractivity contribution in [2.75, 3.05) is 32.7 Å². The minimum Gasteiger partial charge on any atom is -0.352 e. The summed E-state index contributed by atoms with van der Waals surface area (Å²) < 4.78 is 0. The quantitative estimate of drug-likeness (QED) is 0.852. The lowest BCUT2D eigenvalue weighted by atomic mass is 9.95. The lowest BCUT2D eigenvalue weighted by Crippen LogP contribution is -2.44. The van der Waals surface area contributed by atoms with Crippen LogP contribution in [0.2, 0.25) is 0 Å². The van der Waals surface area contributed by atoms with Crippen LogP contribution in [0.5, 0.6) is 0 Å². The van der Waals surface area contributed by atoms with Crippen molar-refractivity contribution in [3.8, 4) is 0 Å². The molecule has 120 valence electrons. The third-order valence-electron chi connectivity index (χ3n) is 4.58. The second-order valence-corrected chi connectivity index (χ2v) is 6.27. The molecule has 1 heterocycles. The Morgan fingerprint density at radius 2 is 1.76 bits per heavy atom. The third-order valence-corrected chi connectivity index (χ3v) is 4.58. The molecule has 0 aromatic heterocycles. The van der Waals surface area contributed by atoms with E-state index in [2.05, 4.69) is 10.2 Å². The third kappa shape index (κ3) is 5.30. The number of nitrogens with zero attached hydrogens (tertiary/aromatic N) is 2. The minimum atomic E-state index is 0.150. The van der Waals surface area contributed by atoms with Crippen LogP contribution in [0.3, 0.4) is 0 Å². The normalized spacial score (nSPS) is 21.9. The highest BCUT2D eigenvalue weighted by Crippen LogP contribution is 2.17. The van der Waals surface area contributed by atoms with Gasteiger partial charge in [-0.05, 0) is 19.3 Å². The molecule has 5 nitrogen and oxygen atoms in total. The molecule has 0 bridgehead atoms. The summed E-state index contributed by atoms with van der Waals surface area (Å²) in [5, 5.41) is 3.17. The number of hydrogen-bond acceptors (Lipinski definition) is 3. The zero-order valence-electron chi connectivity index (χ0n) is 13.3. The summed E-state index contributed by atoms with van der Waals surface area (Å²) in [5.41, 5.74) is 0. The van der Waals surface area contributed by atoms with Gasteiger partial charge in [0.15, 0.2) is 0 Å². The lowest BCUT2D eigenvalue weighted by Gasteiger charge is -2.25. The molecule has 5 heteroatoms. The van der Waals surface area contributed by atoms with Gasteiger partial charge in [-0.1, -0.05) is 26.2 Å². The largest absolute Gasteiger partial charge is 0.352 e. The summed E-state index contributed by atoms with van der Waals surface area (Å²) in [6, 6.07) is 0.386. The van der Waals surface area contributed by atoms with Crippen molar-refractivity contribution in [1.29, 1.82) is 0 Å². The van der Waals surface area contributed by atoms with E-state index >= 15 is 0 Å². The topological polar surface area (TPSA) is 52.7 Å². The summed E-state index contributed by atoms with van der Waals surface area (Å²) in [6.45, 7) is 5.68. The van der Waals surface area contributed by atoms with E-state index in [1.165, 1.54) is 19.3 Å². The van der Waals surface area contributed by atoms with E-state index in [1.807, 2.05) is 11.8 Å². The fourth-order valence-corrected chi connectivity index (χ4v) is 3.33. The smallest absolute Gasteiger partial charge is 0.234 e. The van der Waals surface area contributed by atoms with Gasteiger partial charge < -0.3 is 10.2 Å². The van der Waals surface area contributed by atoms with Gasteiger partial charge in [-0.15, -0.1) is 0 Å². The number of carbonyl (C=O) groups is 2. The summed E-state index contributed by atoms with van der Waals surface area (Å²) in [4.78, 5) is 28.0. The molecule has 0 atom stereocenters. The Morgan fingerprint density at radius 3 is 2.48 bits per heavy atom. The first-order valence-corrected chi connectivity index (χ1v) is 8.48. The maximum absolute atomic E-state index is 12.1. The second-order valence-electron chi connectivity index (χ2n) is 6.27. The second kappa shape index (κ2) is 8.37. The molecule has 0 spiro atoms. The first kappa shape index (κ1) is 16.3. The molecule has 2 aliphatic rings. The zero-order chi connectivity index (χ0) is 15.1. The predicted molar refractivity (Wildman–Crippen MR) is 82.9 cm³/mol. The van der Waals surface area contributed by atoms with Crippen molar-refractivity contribution in [3.63, 3.8) is 0 Å². The van der Waals surface area contributed by atoms with Gasteiger partial charge >= 0.3 is 0 Å². The van der Waals surface area contributed by atoms with Crippen LogP contribution in [0, 0.1) is 0 Å². The lowest BCUT2D eigenvalue weighted by molar-refractivity contribution is -0.130. The highest BCUT2D eigenvalue weighted by molar-refractivity contribution is 5.78. The number of amides is 2. The average molecular weight is 295 g/mol. The Bertz CT molecular complexity index is 353. The molecule has 0 aromatic carbocycles. The molecular formula is C16H29N3O2. The summed E-state index contributed by atoms with van der Waals surface area (Å²) in [7, 11) is 0. The van der Waals surface area contributed by atoms with E-state index in [-0.39, 0.29) is 11.8 Å². The van der Waals surface area contributed by atoms with Gasteiger partial charge in [0.1, 0.15) is 0 Å². The zero-order valence-corrected chi connectivity index (χ0v) is 13.3. The molecule has 2 rings (SSSR count). The van der Waals surface area contributed by atoms with Crippen molar-refractivity contribution < 1.29 is 9.59 Å². The molecule has 0 radical (unpaired) electrons. The van der Waals surface area contributed by atoms with Crippen molar-refractivity contribution in [3.05, 3.63) is 0 Å². The van der Waals surface area contributed by atoms with E-state index in [1.54, 1.807) is 0 Å². The summed E-state index contributed by atoms with van der Waals surface area (Å²) in [6.07, 6.45) is 7.57. The van der Waals surface area contributed by atoms with Crippen molar-refractivity contribution in [1.82, 2.24) is 15.1 Å². The Labute approximate surface area is 128 Å². The van der Waals surface area contributed by atoms with Crippen LogP contribution in [0.25, 0.3) is 0 Å². The number of nitrogens with one attached hydrogen (secondary N) is 1. The van der Waals surface area contributed by atoms with Gasteiger partial charge in [-0.25, -0.2) is 0 Å². The highest BCUT2D eigenvalue weighted by atomic mass is 16.2. The van der Waals surface area contributed by atoms with Crippen LogP contribution in [0.4, 0.5) is 0 Å². The molecule has 1 saturated carbocycles. The Balaban J connectivity index is 1.72. The Hall–Kier alpha value is -1.10. The van der Waals surface area contributed by atoms with Gasteiger partial charge in [0.05, 0.1) is 6.54 Å². The maximum atomic E-state index is 12.1. The molecular weight excluding hydrogens is 266 g/mol. The maximum Gasteiger partial charge on any atom is 0.234 e. The number of carbonyl (C=O) groups excluding carboxylic acids is 2. The standard InChI is InChI=1S/C16H29N3O2/c1-2-16(21)19-10-6-9-18(11-12-19)13-15(20)17-14-7-4-3-5-8-14/h14H,2-13H2,1H3,(H,17,20). The Kier molecular flexibility index (Phi) is 6.49. The summed E-state index contributed by atoms with van der Waals surface area (Å²) >= 11 is 0. The summed E-state index contributed by atoms with van der Waals surface area (Å²) in [5.74, 6) is 0.376. The molecule has 1 aliphatic heterocycles. The van der Waals surface area contributed by atoms with E-state index in [0.29, 0.717) is 19.0 Å². The molecule has 2 amide bonds. The van der Waals surface area contributed by atoms with Gasteiger partial charge in [0, 0.05) is 38.6 Å². The van der Waals surface area contributed by atoms with Gasteiger partial charge in [0.2, 0.25) is 11.8 Å². The van der Waals surface area contributed by atoms with E-state index < -0.39 is 0 Å². The monoisotopic (exact) mass is 295 g/mol. The van der Waals surface area contributed by atoms with E-state index in [9.17, 15) is 9.59 Å². The van der Waals surface area contributed by atoms with Crippen LogP contribution in [0.1, 0.15) is 51.9 Å². The van der Waals surface area contributed by atoms with Crippen molar-refractivity contribution in [2.45, 2.75) is 57.9 Å². The van der Waals surface area contributed by atoms with Crippen LogP contribution in [0.15, 0.2) is 0 Å². The van der Waals surface area contributed by atoms with Gasteiger partial charge in [-0.2, -0.15) is 0 Å². The minimum absolute atomic E-state index is 0.150. The highest BCUT2D eigenvalue weighted by Gasteiger charge is 2.21. The average Bonchev–Trinajstić information content (AvgIpc) is 2.73. The van der Waals surface area contributed by atoms with Gasteiger partial charge in [-0.3, -0.25) is 14.5 Å². The molecule has 0 aromatic rings. The van der Waals surface area contributed by atoms with Crippen molar-refractivity contribution >= 4 is 11.8 Å². The SMILES string of the molecule is CCC(=O)N1CCCN(CC(=O)NC2CCCCC2)CC1. The van der Waals surface area contributed by atoms with Crippen LogP contribution in [-0.2, 0) is 9.59 Å². The number of rotatable bonds is 4. The molecule has 1 aliphatic carbocycles. The molecule has 1 saturated heterocycles. The fourth-order valence-electron chi connectivity index (χ4n) is 3.33. The van der Waals surface area contributed by atoms with E-state index in [4.69, 9.17) is 0 Å². The first-order valence-electron chi connectivity index (χ1n) is 8.48. The van der Waals surface area contributed by atoms with Crippen molar-refractivity contribution in [2.24, 2.45) is 0 Å². The van der Waals surface area contributed by atoms with Crippen LogP contribution < -0.4 is 5.32 Å². The fraction of sp³-hybridized carbons (Fsp3) is 0.875. The molecule has 21 heavy (non-hydrogen) atoms. The predicted octanol–water partition coefficient (Wildman–Crippen LogP) is 1.38.